The maximum atomic E-state index is 13.8. The second-order valence-electron chi connectivity index (χ2n) is 5.36. The van der Waals surface area contributed by atoms with Gasteiger partial charge < -0.3 is 9.80 Å². The molecule has 2 aromatic rings. The van der Waals surface area contributed by atoms with E-state index in [-0.39, 0.29) is 18.5 Å². The highest BCUT2D eigenvalue weighted by Crippen LogP contribution is 2.26. The number of hydrogen-bond acceptors (Lipinski definition) is 5. The molecule has 22 heavy (non-hydrogen) atoms. The zero-order valence-corrected chi connectivity index (χ0v) is 12.2. The molecule has 1 fully saturated rings. The molecule has 0 bridgehead atoms. The van der Waals surface area contributed by atoms with Gasteiger partial charge >= 0.3 is 0 Å². The number of hydrogen-bond donors (Lipinski definition) is 1. The summed E-state index contributed by atoms with van der Waals surface area (Å²) in [5.74, 6) is 0.519. The van der Waals surface area contributed by atoms with Gasteiger partial charge in [-0.25, -0.2) is 14.4 Å². The smallest absolute Gasteiger partial charge is 0.271 e. The van der Waals surface area contributed by atoms with E-state index in [1.807, 2.05) is 4.90 Å². The maximum absolute atomic E-state index is 13.8. The van der Waals surface area contributed by atoms with E-state index in [9.17, 15) is 9.18 Å². The third kappa shape index (κ3) is 2.90. The molecular weight excluding hydrogens is 287 g/mol. The van der Waals surface area contributed by atoms with Gasteiger partial charge in [-0.2, -0.15) is 5.10 Å². The van der Waals surface area contributed by atoms with Gasteiger partial charge in [0.1, 0.15) is 24.0 Å². The Morgan fingerprint density at radius 2 is 2.36 bits per heavy atom. The Morgan fingerprint density at radius 1 is 1.50 bits per heavy atom. The molecule has 1 N–H and O–H groups in total. The van der Waals surface area contributed by atoms with Crippen LogP contribution in [0, 0.1) is 0 Å². The fraction of sp³-hybridized carbons (Fsp3) is 0.429. The quantitative estimate of drug-likeness (QED) is 0.907. The number of carbonyl (C=O) groups excluding carboxylic acids is 1. The first-order valence-corrected chi connectivity index (χ1v) is 7.06. The van der Waals surface area contributed by atoms with Gasteiger partial charge in [-0.05, 0) is 12.1 Å². The minimum absolute atomic E-state index is 0.109. The molecule has 2 atom stereocenters. The standard InChI is InChI=1S/C14H17FN6O/c1-20(14(22)12-2-5-18-19-12)8-11-6-10(15)7-21(11)13-3-4-16-9-17-13/h2-5,9-11H,6-8H2,1H3,(H,18,19)/t10-,11-/m0/s1. The molecule has 3 rings (SSSR count). The number of rotatable bonds is 4. The Morgan fingerprint density at radius 3 is 3.05 bits per heavy atom. The molecule has 0 saturated carbocycles. The Labute approximate surface area is 127 Å². The van der Waals surface area contributed by atoms with Crippen molar-refractivity contribution in [2.24, 2.45) is 0 Å². The van der Waals surface area contributed by atoms with Gasteiger partial charge in [-0.15, -0.1) is 0 Å². The van der Waals surface area contributed by atoms with E-state index in [1.165, 1.54) is 12.5 Å². The molecule has 7 nitrogen and oxygen atoms in total. The second-order valence-corrected chi connectivity index (χ2v) is 5.36. The van der Waals surface area contributed by atoms with Crippen LogP contribution in [0.15, 0.2) is 30.9 Å². The minimum Gasteiger partial charge on any atom is -0.349 e. The first kappa shape index (κ1) is 14.4. The summed E-state index contributed by atoms with van der Waals surface area (Å²) < 4.78 is 13.8. The molecule has 0 radical (unpaired) electrons. The van der Waals surface area contributed by atoms with E-state index >= 15 is 0 Å². The summed E-state index contributed by atoms with van der Waals surface area (Å²) in [4.78, 5) is 23.8. The first-order valence-electron chi connectivity index (χ1n) is 7.06. The maximum Gasteiger partial charge on any atom is 0.271 e. The molecule has 3 heterocycles. The van der Waals surface area contributed by atoms with Gasteiger partial charge in [-0.1, -0.05) is 0 Å². The van der Waals surface area contributed by atoms with E-state index in [4.69, 9.17) is 0 Å². The average Bonchev–Trinajstić information content (AvgIpc) is 3.17. The number of aromatic amines is 1. The van der Waals surface area contributed by atoms with Gasteiger partial charge in [0.15, 0.2) is 0 Å². The van der Waals surface area contributed by atoms with E-state index in [0.717, 1.165) is 0 Å². The number of likely N-dealkylation sites (N-methyl/N-ethyl adjacent to an activating group) is 1. The molecule has 2 aromatic heterocycles. The van der Waals surface area contributed by atoms with Crippen molar-refractivity contribution in [3.63, 3.8) is 0 Å². The number of halogens is 1. The molecule has 1 amide bonds. The minimum atomic E-state index is -0.921. The van der Waals surface area contributed by atoms with Crippen molar-refractivity contribution in [2.45, 2.75) is 18.6 Å². The van der Waals surface area contributed by atoms with Gasteiger partial charge in [0.25, 0.3) is 5.91 Å². The third-order valence-corrected chi connectivity index (χ3v) is 3.79. The molecule has 1 aliphatic rings. The van der Waals surface area contributed by atoms with E-state index in [2.05, 4.69) is 20.2 Å². The molecule has 116 valence electrons. The number of amides is 1. The molecular formula is C14H17FN6O. The summed E-state index contributed by atoms with van der Waals surface area (Å²) in [6.45, 7) is 0.704. The van der Waals surface area contributed by atoms with Crippen LogP contribution in [0.25, 0.3) is 0 Å². The number of carbonyl (C=O) groups is 1. The van der Waals surface area contributed by atoms with Crippen LogP contribution in [0.4, 0.5) is 10.2 Å². The van der Waals surface area contributed by atoms with E-state index in [1.54, 1.807) is 30.3 Å². The van der Waals surface area contributed by atoms with Crippen LogP contribution in [0.2, 0.25) is 0 Å². The lowest BCUT2D eigenvalue weighted by Gasteiger charge is -2.28. The summed E-state index contributed by atoms with van der Waals surface area (Å²) >= 11 is 0. The van der Waals surface area contributed by atoms with E-state index in [0.29, 0.717) is 24.5 Å². The highest BCUT2D eigenvalue weighted by atomic mass is 19.1. The lowest BCUT2D eigenvalue weighted by molar-refractivity contribution is 0.0780. The summed E-state index contributed by atoms with van der Waals surface area (Å²) in [6, 6.07) is 3.26. The topological polar surface area (TPSA) is 78.0 Å². The lowest BCUT2D eigenvalue weighted by atomic mass is 10.2. The van der Waals surface area contributed by atoms with Crippen molar-refractivity contribution >= 4 is 11.7 Å². The van der Waals surface area contributed by atoms with Crippen LogP contribution in [-0.2, 0) is 0 Å². The number of anilines is 1. The number of H-pyrrole nitrogens is 1. The van der Waals surface area contributed by atoms with Crippen LogP contribution in [-0.4, -0.2) is 63.3 Å². The van der Waals surface area contributed by atoms with Crippen LogP contribution in [0.5, 0.6) is 0 Å². The SMILES string of the molecule is CN(C[C@@H]1C[C@H](F)CN1c1ccncn1)C(=O)c1ccn[nH]1. The normalized spacial score (nSPS) is 21.1. The van der Waals surface area contributed by atoms with Crippen LogP contribution < -0.4 is 4.90 Å². The van der Waals surface area contributed by atoms with Crippen LogP contribution in [0.3, 0.4) is 0 Å². The molecule has 8 heteroatoms. The van der Waals surface area contributed by atoms with Crippen molar-refractivity contribution in [3.8, 4) is 0 Å². The predicted octanol–water partition coefficient (Wildman–Crippen LogP) is 0.889. The summed E-state index contributed by atoms with van der Waals surface area (Å²) in [6.07, 6.45) is 4.06. The van der Waals surface area contributed by atoms with Crippen molar-refractivity contribution in [1.82, 2.24) is 25.1 Å². The number of nitrogens with zero attached hydrogens (tertiary/aromatic N) is 5. The Hall–Kier alpha value is -2.51. The van der Waals surface area contributed by atoms with Crippen molar-refractivity contribution < 1.29 is 9.18 Å². The monoisotopic (exact) mass is 304 g/mol. The van der Waals surface area contributed by atoms with Gasteiger partial charge in [-0.3, -0.25) is 9.89 Å². The molecule has 0 unspecified atom stereocenters. The fourth-order valence-corrected chi connectivity index (χ4v) is 2.75. The highest BCUT2D eigenvalue weighted by molar-refractivity contribution is 5.92. The van der Waals surface area contributed by atoms with Crippen LogP contribution in [0.1, 0.15) is 16.9 Å². The number of aromatic nitrogens is 4. The van der Waals surface area contributed by atoms with Gasteiger partial charge in [0.05, 0.1) is 12.6 Å². The highest BCUT2D eigenvalue weighted by Gasteiger charge is 2.34. The van der Waals surface area contributed by atoms with Crippen molar-refractivity contribution in [3.05, 3.63) is 36.5 Å². The zero-order chi connectivity index (χ0) is 15.5. The van der Waals surface area contributed by atoms with Crippen molar-refractivity contribution in [1.29, 1.82) is 0 Å². The molecule has 0 aromatic carbocycles. The summed E-state index contributed by atoms with van der Waals surface area (Å²) in [7, 11) is 1.70. The van der Waals surface area contributed by atoms with Crippen LogP contribution >= 0.6 is 0 Å². The zero-order valence-electron chi connectivity index (χ0n) is 12.2. The number of alkyl halides is 1. The van der Waals surface area contributed by atoms with Gasteiger partial charge in [0.2, 0.25) is 0 Å². The lowest BCUT2D eigenvalue weighted by Crippen LogP contribution is -2.41. The molecule has 1 saturated heterocycles. The first-order chi connectivity index (χ1) is 10.6. The van der Waals surface area contributed by atoms with Crippen molar-refractivity contribution in [2.75, 3.05) is 25.0 Å². The average molecular weight is 304 g/mol. The Bertz CT molecular complexity index is 620. The predicted molar refractivity (Wildman–Crippen MR) is 78.2 cm³/mol. The summed E-state index contributed by atoms with van der Waals surface area (Å²) in [5, 5.41) is 6.42. The summed E-state index contributed by atoms with van der Waals surface area (Å²) in [5.41, 5.74) is 0.422. The molecule has 0 aliphatic carbocycles. The Kier molecular flexibility index (Phi) is 3.99. The largest absolute Gasteiger partial charge is 0.349 e. The fourth-order valence-electron chi connectivity index (χ4n) is 2.75. The third-order valence-electron chi connectivity index (χ3n) is 3.79. The second kappa shape index (κ2) is 6.08. The molecule has 0 spiro atoms. The van der Waals surface area contributed by atoms with E-state index < -0.39 is 6.17 Å². The number of nitrogens with one attached hydrogen (secondary N) is 1. The van der Waals surface area contributed by atoms with Gasteiger partial charge in [0, 0.05) is 32.4 Å². The molecule has 1 aliphatic heterocycles. The Balaban J connectivity index is 1.71.